The van der Waals surface area contributed by atoms with E-state index < -0.39 is 0 Å². The number of rotatable bonds is 8. The average molecular weight is 487 g/mol. The monoisotopic (exact) mass is 486 g/mol. The van der Waals surface area contributed by atoms with Gasteiger partial charge in [-0.2, -0.15) is 0 Å². The summed E-state index contributed by atoms with van der Waals surface area (Å²) in [7, 11) is 0. The lowest BCUT2D eigenvalue weighted by atomic mass is 9.93. The summed E-state index contributed by atoms with van der Waals surface area (Å²) in [5.41, 5.74) is 0.655. The van der Waals surface area contributed by atoms with Gasteiger partial charge in [-0.1, -0.05) is 29.5 Å². The fraction of sp³-hybridized carbons (Fsp3) is 0.522. The van der Waals surface area contributed by atoms with Crippen molar-refractivity contribution < 1.29 is 19.1 Å². The number of carbonyl (C=O) groups is 3. The van der Waals surface area contributed by atoms with Crippen molar-refractivity contribution >= 4 is 34.7 Å². The number of morpholine rings is 1. The number of nitrogens with zero attached hydrogens (tertiary/aromatic N) is 4. The van der Waals surface area contributed by atoms with Crippen LogP contribution < -0.4 is 10.6 Å². The molecule has 0 unspecified atom stereocenters. The van der Waals surface area contributed by atoms with Crippen LogP contribution in [-0.2, 0) is 9.53 Å². The molecule has 2 N–H and O–H groups in total. The molecular formula is C23H30N6O4S. The van der Waals surface area contributed by atoms with Crippen molar-refractivity contribution in [2.24, 2.45) is 5.92 Å². The van der Waals surface area contributed by atoms with E-state index in [9.17, 15) is 14.4 Å². The third-order valence-corrected chi connectivity index (χ3v) is 6.97. The normalized spacial score (nSPS) is 17.4. The number of likely N-dealkylation sites (tertiary alicyclic amines) is 1. The zero-order valence-electron chi connectivity index (χ0n) is 19.1. The molecule has 2 aliphatic rings. The first-order valence-corrected chi connectivity index (χ1v) is 12.5. The van der Waals surface area contributed by atoms with Crippen molar-refractivity contribution in [3.05, 3.63) is 40.3 Å². The minimum absolute atomic E-state index is 0.0660. The molecule has 1 aromatic heterocycles. The van der Waals surface area contributed by atoms with Crippen LogP contribution in [0.15, 0.2) is 30.3 Å². The fourth-order valence-electron chi connectivity index (χ4n) is 4.10. The quantitative estimate of drug-likeness (QED) is 0.580. The number of hydrogen-bond acceptors (Lipinski definition) is 8. The number of amides is 3. The molecule has 0 atom stereocenters. The number of para-hydroxylation sites is 1. The minimum Gasteiger partial charge on any atom is -0.379 e. The summed E-state index contributed by atoms with van der Waals surface area (Å²) >= 11 is 0.993. The van der Waals surface area contributed by atoms with E-state index in [-0.39, 0.29) is 33.7 Å². The van der Waals surface area contributed by atoms with Gasteiger partial charge in [-0.3, -0.25) is 19.3 Å². The van der Waals surface area contributed by atoms with Gasteiger partial charge < -0.3 is 20.3 Å². The minimum atomic E-state index is -0.388. The molecule has 2 saturated heterocycles. The second kappa shape index (κ2) is 12.0. The molecular weight excluding hydrogens is 456 g/mol. The first-order valence-electron chi connectivity index (χ1n) is 11.6. The molecule has 0 radical (unpaired) electrons. The number of aromatic nitrogens is 2. The number of anilines is 1. The summed E-state index contributed by atoms with van der Waals surface area (Å²) in [5.74, 6) is -0.281. The van der Waals surface area contributed by atoms with E-state index in [1.54, 1.807) is 17.0 Å². The zero-order chi connectivity index (χ0) is 23.8. The van der Waals surface area contributed by atoms with Crippen molar-refractivity contribution in [2.75, 3.05) is 57.8 Å². The van der Waals surface area contributed by atoms with E-state index >= 15 is 0 Å². The lowest BCUT2D eigenvalue weighted by Gasteiger charge is -2.31. The molecule has 3 amide bonds. The Morgan fingerprint density at radius 2 is 1.71 bits per heavy atom. The second-order valence-electron chi connectivity index (χ2n) is 8.48. The summed E-state index contributed by atoms with van der Waals surface area (Å²) in [5, 5.41) is 13.9. The van der Waals surface area contributed by atoms with Gasteiger partial charge in [-0.15, -0.1) is 10.2 Å². The number of carbonyl (C=O) groups excluding carboxylic acids is 3. The number of nitrogens with one attached hydrogen (secondary N) is 2. The third-order valence-electron chi connectivity index (χ3n) is 6.06. The highest BCUT2D eigenvalue weighted by Crippen LogP contribution is 2.23. The highest BCUT2D eigenvalue weighted by atomic mass is 32.1. The van der Waals surface area contributed by atoms with Gasteiger partial charge in [-0.25, -0.2) is 0 Å². The molecule has 2 aliphatic heterocycles. The Kier molecular flexibility index (Phi) is 8.56. The smallest absolute Gasteiger partial charge is 0.286 e. The van der Waals surface area contributed by atoms with Crippen LogP contribution in [-0.4, -0.2) is 90.2 Å². The van der Waals surface area contributed by atoms with Crippen molar-refractivity contribution in [3.63, 3.8) is 0 Å². The molecule has 11 heteroatoms. The molecule has 34 heavy (non-hydrogen) atoms. The van der Waals surface area contributed by atoms with E-state index in [0.717, 1.165) is 57.0 Å². The maximum Gasteiger partial charge on any atom is 0.286 e. The molecule has 0 bridgehead atoms. The van der Waals surface area contributed by atoms with E-state index in [2.05, 4.69) is 25.7 Å². The van der Waals surface area contributed by atoms with Crippen molar-refractivity contribution in [3.8, 4) is 0 Å². The van der Waals surface area contributed by atoms with E-state index in [0.29, 0.717) is 31.7 Å². The van der Waals surface area contributed by atoms with Gasteiger partial charge in [-0.05, 0) is 30.9 Å². The molecule has 182 valence electrons. The van der Waals surface area contributed by atoms with Crippen LogP contribution in [0.1, 0.15) is 38.9 Å². The number of piperidine rings is 1. The summed E-state index contributed by atoms with van der Waals surface area (Å²) in [6.45, 7) is 5.95. The van der Waals surface area contributed by atoms with Crippen LogP contribution in [0.2, 0.25) is 0 Å². The summed E-state index contributed by atoms with van der Waals surface area (Å²) in [6, 6.07) is 9.06. The van der Waals surface area contributed by atoms with Crippen LogP contribution in [0, 0.1) is 5.92 Å². The van der Waals surface area contributed by atoms with Crippen LogP contribution in [0.3, 0.4) is 0 Å². The largest absolute Gasteiger partial charge is 0.379 e. The Morgan fingerprint density at radius 1 is 1.00 bits per heavy atom. The fourth-order valence-corrected chi connectivity index (χ4v) is 4.80. The summed E-state index contributed by atoms with van der Waals surface area (Å²) in [4.78, 5) is 41.5. The molecule has 10 nitrogen and oxygen atoms in total. The Bertz CT molecular complexity index is 971. The van der Waals surface area contributed by atoms with Crippen molar-refractivity contribution in [1.82, 2.24) is 25.3 Å². The predicted octanol–water partition coefficient (Wildman–Crippen LogP) is 1.48. The lowest BCUT2D eigenvalue weighted by molar-refractivity contribution is -0.122. The third kappa shape index (κ3) is 6.81. The maximum atomic E-state index is 12.8. The zero-order valence-corrected chi connectivity index (χ0v) is 19.9. The van der Waals surface area contributed by atoms with Crippen LogP contribution in [0.25, 0.3) is 0 Å². The lowest BCUT2D eigenvalue weighted by Crippen LogP contribution is -2.42. The summed E-state index contributed by atoms with van der Waals surface area (Å²) in [6.07, 6.45) is 2.01. The van der Waals surface area contributed by atoms with E-state index in [1.165, 1.54) is 0 Å². The van der Waals surface area contributed by atoms with Gasteiger partial charge in [0.25, 0.3) is 11.8 Å². The molecule has 1 aromatic carbocycles. The number of benzene rings is 1. The first kappa shape index (κ1) is 24.2. The molecule has 2 aromatic rings. The molecule has 0 aliphatic carbocycles. The van der Waals surface area contributed by atoms with E-state index in [1.807, 2.05) is 18.2 Å². The molecule has 0 spiro atoms. The van der Waals surface area contributed by atoms with Crippen molar-refractivity contribution in [1.29, 1.82) is 0 Å². The molecule has 2 fully saturated rings. The topological polar surface area (TPSA) is 117 Å². The Hall–Kier alpha value is -2.89. The van der Waals surface area contributed by atoms with Gasteiger partial charge in [0.05, 0.1) is 13.2 Å². The Morgan fingerprint density at radius 3 is 2.44 bits per heavy atom. The predicted molar refractivity (Wildman–Crippen MR) is 128 cm³/mol. The van der Waals surface area contributed by atoms with E-state index in [4.69, 9.17) is 4.74 Å². The van der Waals surface area contributed by atoms with Crippen LogP contribution >= 0.6 is 11.3 Å². The van der Waals surface area contributed by atoms with Crippen LogP contribution in [0.4, 0.5) is 5.69 Å². The molecule has 3 heterocycles. The first-order chi connectivity index (χ1) is 16.6. The van der Waals surface area contributed by atoms with Crippen molar-refractivity contribution in [2.45, 2.75) is 19.3 Å². The highest BCUT2D eigenvalue weighted by Gasteiger charge is 2.28. The van der Waals surface area contributed by atoms with Gasteiger partial charge in [0.2, 0.25) is 15.9 Å². The standard InChI is InChI=1S/C23H30N6O4S/c30-19(24-8-11-28-12-14-33-15-13-28)16-17-6-9-29(10-7-17)23(32)22-27-26-21(34-22)20(31)25-18-4-2-1-3-5-18/h1-5,17H,6-16H2,(H,24,30)(H,25,31). The SMILES string of the molecule is O=C(CC1CCN(C(=O)c2nnc(C(=O)Nc3ccccc3)s2)CC1)NCCN1CCOCC1. The van der Waals surface area contributed by atoms with Gasteiger partial charge >= 0.3 is 0 Å². The van der Waals surface area contributed by atoms with Crippen LogP contribution in [0.5, 0.6) is 0 Å². The van der Waals surface area contributed by atoms with Gasteiger partial charge in [0.1, 0.15) is 0 Å². The second-order valence-corrected chi connectivity index (χ2v) is 9.45. The van der Waals surface area contributed by atoms with Gasteiger partial charge in [0.15, 0.2) is 0 Å². The molecule has 4 rings (SSSR count). The maximum absolute atomic E-state index is 12.8. The number of ether oxygens (including phenoxy) is 1. The number of hydrogen-bond donors (Lipinski definition) is 2. The Balaban J connectivity index is 1.18. The molecule has 0 saturated carbocycles. The highest BCUT2D eigenvalue weighted by molar-refractivity contribution is 7.15. The summed E-state index contributed by atoms with van der Waals surface area (Å²) < 4.78 is 5.33. The average Bonchev–Trinajstić information content (AvgIpc) is 3.36. The van der Waals surface area contributed by atoms with Gasteiger partial charge in [0, 0.05) is 51.4 Å². The Labute approximate surface area is 202 Å².